The fourth-order valence-corrected chi connectivity index (χ4v) is 1.53. The van der Waals surface area contributed by atoms with Crippen molar-refractivity contribution in [2.24, 2.45) is 0 Å². The zero-order chi connectivity index (χ0) is 8.27. The predicted molar refractivity (Wildman–Crippen MR) is 49.4 cm³/mol. The van der Waals surface area contributed by atoms with Crippen LogP contribution in [0.15, 0.2) is 23.1 Å². The first-order valence-electron chi connectivity index (χ1n) is 3.21. The Morgan fingerprint density at radius 2 is 2.18 bits per heavy atom. The van der Waals surface area contributed by atoms with Crippen LogP contribution in [0.5, 0.6) is 5.75 Å². The van der Waals surface area contributed by atoms with Gasteiger partial charge in [-0.15, -0.1) is 0 Å². The minimum Gasteiger partial charge on any atom is -0.496 e. The Labute approximate surface area is 75.2 Å². The summed E-state index contributed by atoms with van der Waals surface area (Å²) in [7, 11) is 8.45. The maximum Gasteiger partial charge on any atom is 0.121 e. The highest BCUT2D eigenvalue weighted by Crippen LogP contribution is 2.27. The predicted octanol–water partition coefficient (Wildman–Crippen LogP) is 3.25. The zero-order valence-electron chi connectivity index (χ0n) is 6.43. The van der Waals surface area contributed by atoms with E-state index in [0.29, 0.717) is 0 Å². The van der Waals surface area contributed by atoms with Crippen LogP contribution < -0.4 is 4.74 Å². The average molecular weight is 189 g/mol. The Morgan fingerprint density at radius 3 is 2.64 bits per heavy atom. The van der Waals surface area contributed by atoms with Gasteiger partial charge in [0.1, 0.15) is 5.75 Å². The average Bonchev–Trinajstić information content (AvgIpc) is 2.04. The Hall–Kier alpha value is -0.340. The lowest BCUT2D eigenvalue weighted by molar-refractivity contribution is 0.411. The summed E-state index contributed by atoms with van der Waals surface area (Å²) in [5.41, 5.74) is 1.11. The minimum atomic E-state index is 0.902. The van der Waals surface area contributed by atoms with Crippen LogP contribution in [0.2, 0.25) is 0 Å². The SMILES string of the molecule is COc1ccc(SCl)cc1C. The second-order valence-electron chi connectivity index (χ2n) is 2.21. The molecule has 1 nitrogen and oxygen atoms in total. The van der Waals surface area contributed by atoms with Gasteiger partial charge in [0, 0.05) is 4.90 Å². The highest BCUT2D eigenvalue weighted by atomic mass is 35.7. The third-order valence-corrected chi connectivity index (χ3v) is 2.42. The quantitative estimate of drug-likeness (QED) is 0.705. The first kappa shape index (κ1) is 8.75. The fraction of sp³-hybridized carbons (Fsp3) is 0.250. The second-order valence-corrected chi connectivity index (χ2v) is 3.30. The van der Waals surface area contributed by atoms with Gasteiger partial charge in [0.15, 0.2) is 0 Å². The van der Waals surface area contributed by atoms with Crippen molar-refractivity contribution in [3.05, 3.63) is 23.8 Å². The van der Waals surface area contributed by atoms with Crippen molar-refractivity contribution in [2.75, 3.05) is 7.11 Å². The van der Waals surface area contributed by atoms with E-state index in [9.17, 15) is 0 Å². The molecule has 0 amide bonds. The van der Waals surface area contributed by atoms with Crippen LogP contribution in [0.3, 0.4) is 0 Å². The molecule has 0 spiro atoms. The van der Waals surface area contributed by atoms with Gasteiger partial charge in [0.05, 0.1) is 7.11 Å². The van der Waals surface area contributed by atoms with E-state index in [-0.39, 0.29) is 0 Å². The number of hydrogen-bond donors (Lipinski definition) is 0. The summed E-state index contributed by atoms with van der Waals surface area (Å²) in [5.74, 6) is 0.902. The smallest absolute Gasteiger partial charge is 0.121 e. The molecule has 0 unspecified atom stereocenters. The lowest BCUT2D eigenvalue weighted by Gasteiger charge is -2.04. The minimum absolute atomic E-state index is 0.902. The van der Waals surface area contributed by atoms with E-state index >= 15 is 0 Å². The molecule has 0 fully saturated rings. The van der Waals surface area contributed by atoms with E-state index in [1.54, 1.807) is 7.11 Å². The lowest BCUT2D eigenvalue weighted by Crippen LogP contribution is -1.85. The molecule has 0 saturated carbocycles. The molecule has 0 aliphatic carbocycles. The summed E-state index contributed by atoms with van der Waals surface area (Å²) in [6.07, 6.45) is 0. The van der Waals surface area contributed by atoms with E-state index in [1.807, 2.05) is 25.1 Å². The van der Waals surface area contributed by atoms with Gasteiger partial charge >= 0.3 is 0 Å². The number of methoxy groups -OCH3 is 1. The maximum atomic E-state index is 5.57. The fourth-order valence-electron chi connectivity index (χ4n) is 0.899. The molecule has 0 aliphatic rings. The Bertz CT molecular complexity index is 250. The molecule has 11 heavy (non-hydrogen) atoms. The number of ether oxygens (including phenoxy) is 1. The summed E-state index contributed by atoms with van der Waals surface area (Å²) >= 11 is 0. The largest absolute Gasteiger partial charge is 0.496 e. The van der Waals surface area contributed by atoms with E-state index in [1.165, 1.54) is 11.0 Å². The van der Waals surface area contributed by atoms with E-state index in [0.717, 1.165) is 16.2 Å². The standard InChI is InChI=1S/C8H9ClOS/c1-6-5-7(11-9)3-4-8(6)10-2/h3-5H,1-2H3. The number of rotatable bonds is 2. The molecule has 60 valence electrons. The van der Waals surface area contributed by atoms with E-state index < -0.39 is 0 Å². The molecule has 3 heteroatoms. The van der Waals surface area contributed by atoms with Gasteiger partial charge in [-0.25, -0.2) is 0 Å². The summed E-state index contributed by atoms with van der Waals surface area (Å²) < 4.78 is 5.09. The third kappa shape index (κ3) is 2.04. The van der Waals surface area contributed by atoms with Crippen LogP contribution in [0.1, 0.15) is 5.56 Å². The molecule has 0 bridgehead atoms. The first-order chi connectivity index (χ1) is 5.27. The van der Waals surface area contributed by atoms with Crippen molar-refractivity contribution in [3.8, 4) is 5.75 Å². The summed E-state index contributed by atoms with van der Waals surface area (Å²) in [6, 6.07) is 5.85. The number of aryl methyl sites for hydroxylation is 1. The van der Waals surface area contributed by atoms with Crippen LogP contribution in [0.4, 0.5) is 0 Å². The van der Waals surface area contributed by atoms with Crippen molar-refractivity contribution >= 4 is 21.7 Å². The van der Waals surface area contributed by atoms with Gasteiger partial charge in [0.2, 0.25) is 0 Å². The van der Waals surface area contributed by atoms with Gasteiger partial charge in [0.25, 0.3) is 0 Å². The number of benzene rings is 1. The molecule has 0 N–H and O–H groups in total. The normalized spacial score (nSPS) is 9.73. The van der Waals surface area contributed by atoms with Gasteiger partial charge in [-0.1, -0.05) is 0 Å². The Balaban J connectivity index is 2.99. The van der Waals surface area contributed by atoms with Crippen LogP contribution in [0, 0.1) is 6.92 Å². The molecule has 0 heterocycles. The van der Waals surface area contributed by atoms with Crippen LogP contribution >= 0.6 is 21.7 Å². The van der Waals surface area contributed by atoms with Crippen molar-refractivity contribution in [2.45, 2.75) is 11.8 Å². The van der Waals surface area contributed by atoms with E-state index in [4.69, 9.17) is 15.4 Å². The second kappa shape index (κ2) is 3.88. The molecule has 0 aromatic heterocycles. The van der Waals surface area contributed by atoms with Crippen LogP contribution in [-0.2, 0) is 0 Å². The molecule has 0 aliphatic heterocycles. The molecule has 0 saturated heterocycles. The molecular formula is C8H9ClOS. The van der Waals surface area contributed by atoms with Gasteiger partial charge in [-0.2, -0.15) is 0 Å². The van der Waals surface area contributed by atoms with Crippen LogP contribution in [0.25, 0.3) is 0 Å². The van der Waals surface area contributed by atoms with Crippen molar-refractivity contribution < 1.29 is 4.74 Å². The Kier molecular flexibility index (Phi) is 3.09. The monoisotopic (exact) mass is 188 g/mol. The zero-order valence-corrected chi connectivity index (χ0v) is 8.00. The molecule has 1 aromatic rings. The van der Waals surface area contributed by atoms with Crippen molar-refractivity contribution in [3.63, 3.8) is 0 Å². The topological polar surface area (TPSA) is 9.23 Å². The van der Waals surface area contributed by atoms with Gasteiger partial charge in [-0.3, -0.25) is 0 Å². The maximum absolute atomic E-state index is 5.57. The third-order valence-electron chi connectivity index (χ3n) is 1.46. The molecule has 0 atom stereocenters. The molecule has 1 aromatic carbocycles. The van der Waals surface area contributed by atoms with Crippen molar-refractivity contribution in [1.29, 1.82) is 0 Å². The lowest BCUT2D eigenvalue weighted by atomic mass is 10.2. The molecule has 0 radical (unpaired) electrons. The summed E-state index contributed by atoms with van der Waals surface area (Å²) in [6.45, 7) is 2.00. The summed E-state index contributed by atoms with van der Waals surface area (Å²) in [5, 5.41) is 0. The van der Waals surface area contributed by atoms with Gasteiger partial charge < -0.3 is 4.74 Å². The summed E-state index contributed by atoms with van der Waals surface area (Å²) in [4.78, 5) is 1.05. The van der Waals surface area contributed by atoms with Gasteiger partial charge in [-0.05, 0) is 52.3 Å². The number of halogens is 1. The first-order valence-corrected chi connectivity index (χ1v) is 4.85. The highest BCUT2D eigenvalue weighted by Gasteiger charge is 1.98. The molecule has 1 rings (SSSR count). The highest BCUT2D eigenvalue weighted by molar-refractivity contribution is 8.21. The van der Waals surface area contributed by atoms with Crippen LogP contribution in [-0.4, -0.2) is 7.11 Å². The number of hydrogen-bond acceptors (Lipinski definition) is 2. The molecular weight excluding hydrogens is 180 g/mol. The van der Waals surface area contributed by atoms with E-state index in [2.05, 4.69) is 0 Å². The Morgan fingerprint density at radius 1 is 1.45 bits per heavy atom. The van der Waals surface area contributed by atoms with Crippen molar-refractivity contribution in [1.82, 2.24) is 0 Å².